The van der Waals surface area contributed by atoms with Gasteiger partial charge in [0.15, 0.2) is 0 Å². The smallest absolute Gasteiger partial charge is 0.119 e. The lowest BCUT2D eigenvalue weighted by atomic mass is 9.99. The molecule has 0 aliphatic rings. The summed E-state index contributed by atoms with van der Waals surface area (Å²) in [6.45, 7) is 10.4. The van der Waals surface area contributed by atoms with E-state index < -0.39 is 0 Å². The number of nitrogens with zero attached hydrogens (tertiary/aromatic N) is 2. The Labute approximate surface area is 334 Å². The molecule has 8 heteroatoms. The number of hydrogen-bond donors (Lipinski definition) is 0. The van der Waals surface area contributed by atoms with Gasteiger partial charge in [-0.05, 0) is 105 Å². The Morgan fingerprint density at radius 2 is 1.02 bits per heavy atom. The fraction of sp³-hybridized carbons (Fsp3) is 0.364. The van der Waals surface area contributed by atoms with Crippen LogP contribution < -0.4 is 9.47 Å². The summed E-state index contributed by atoms with van der Waals surface area (Å²) < 4.78 is 15.1. The third-order valence-electron chi connectivity index (χ3n) is 9.77. The van der Waals surface area contributed by atoms with Crippen molar-refractivity contribution < 1.29 is 9.47 Å². The molecule has 0 saturated carbocycles. The van der Waals surface area contributed by atoms with Gasteiger partial charge in [0.25, 0.3) is 0 Å². The molecule has 3 aromatic carbocycles. The Balaban J connectivity index is 1.50. The zero-order valence-electron chi connectivity index (χ0n) is 30.6. The lowest BCUT2D eigenvalue weighted by Crippen LogP contribution is -2.11. The topological polar surface area (TPSA) is 44.2 Å². The quantitative estimate of drug-likeness (QED) is 0.0864. The van der Waals surface area contributed by atoms with Gasteiger partial charge in [0.05, 0.1) is 43.2 Å². The highest BCUT2D eigenvalue weighted by Gasteiger charge is 2.21. The first kappa shape index (κ1) is 38.7. The standard InChI is InChI=1S/C44H48Br2N2O2S2/c1-5-9-13-29(7-3)27-49-33-17-11-15-31(25-33)41-42(32-16-12-18-34(26-32)50-28-30(8-4)14-10-6-2)48-44-36(38-22-24-40(46)52-38)20-19-35(43(44)47-41)37-21-23-39(45)51-37/h11-12,15-26,29-30H,5-10,13-14,27-28H2,1-4H3. The monoisotopic (exact) mass is 858 g/mol. The maximum atomic E-state index is 6.46. The first-order valence-electron chi connectivity index (χ1n) is 18.7. The van der Waals surface area contributed by atoms with Crippen LogP contribution in [0.25, 0.3) is 54.4 Å². The zero-order chi connectivity index (χ0) is 36.5. The fourth-order valence-electron chi connectivity index (χ4n) is 6.54. The van der Waals surface area contributed by atoms with E-state index in [0.29, 0.717) is 25.0 Å². The van der Waals surface area contributed by atoms with Crippen LogP contribution in [-0.2, 0) is 0 Å². The van der Waals surface area contributed by atoms with E-state index in [1.807, 2.05) is 0 Å². The number of aromatic nitrogens is 2. The molecule has 0 radical (unpaired) electrons. The van der Waals surface area contributed by atoms with E-state index >= 15 is 0 Å². The maximum absolute atomic E-state index is 6.46. The van der Waals surface area contributed by atoms with Gasteiger partial charge in [-0.2, -0.15) is 0 Å². The molecule has 52 heavy (non-hydrogen) atoms. The van der Waals surface area contributed by atoms with Crippen LogP contribution >= 0.6 is 54.5 Å². The summed E-state index contributed by atoms with van der Waals surface area (Å²) in [5.74, 6) is 2.80. The predicted octanol–water partition coefficient (Wildman–Crippen LogP) is 15.1. The number of halogens is 2. The van der Waals surface area contributed by atoms with Crippen molar-refractivity contribution in [3.63, 3.8) is 0 Å². The molecule has 6 rings (SSSR count). The number of fused-ring (bicyclic) bond motifs is 1. The van der Waals surface area contributed by atoms with Gasteiger partial charge in [-0.15, -0.1) is 22.7 Å². The second-order valence-electron chi connectivity index (χ2n) is 13.5. The van der Waals surface area contributed by atoms with Gasteiger partial charge in [-0.25, -0.2) is 9.97 Å². The van der Waals surface area contributed by atoms with Crippen molar-refractivity contribution in [3.8, 4) is 54.9 Å². The molecule has 0 N–H and O–H groups in total. The lowest BCUT2D eigenvalue weighted by molar-refractivity contribution is 0.233. The highest BCUT2D eigenvalue weighted by Crippen LogP contribution is 2.43. The van der Waals surface area contributed by atoms with E-state index in [-0.39, 0.29) is 0 Å². The van der Waals surface area contributed by atoms with Crippen molar-refractivity contribution in [2.75, 3.05) is 13.2 Å². The second-order valence-corrected chi connectivity index (χ2v) is 18.4. The van der Waals surface area contributed by atoms with Gasteiger partial charge in [0, 0.05) is 32.0 Å². The van der Waals surface area contributed by atoms with Gasteiger partial charge in [0.2, 0.25) is 0 Å². The number of thiophene rings is 2. The normalized spacial score (nSPS) is 12.7. The van der Waals surface area contributed by atoms with Crippen LogP contribution in [-0.4, -0.2) is 23.2 Å². The summed E-state index contributed by atoms with van der Waals surface area (Å²) in [5.41, 5.74) is 7.48. The molecule has 0 aliphatic heterocycles. The Morgan fingerprint density at radius 1 is 0.577 bits per heavy atom. The number of hydrogen-bond acceptors (Lipinski definition) is 6. The van der Waals surface area contributed by atoms with Crippen molar-refractivity contribution in [1.29, 1.82) is 0 Å². The number of benzene rings is 3. The van der Waals surface area contributed by atoms with Crippen LogP contribution in [0.3, 0.4) is 0 Å². The molecule has 2 atom stereocenters. The van der Waals surface area contributed by atoms with Crippen molar-refractivity contribution in [3.05, 3.63) is 92.5 Å². The zero-order valence-corrected chi connectivity index (χ0v) is 35.4. The summed E-state index contributed by atoms with van der Waals surface area (Å²) in [5, 5.41) is 0. The van der Waals surface area contributed by atoms with E-state index in [4.69, 9.17) is 19.4 Å². The van der Waals surface area contributed by atoms with E-state index in [9.17, 15) is 0 Å². The highest BCUT2D eigenvalue weighted by molar-refractivity contribution is 9.11. The van der Waals surface area contributed by atoms with Crippen molar-refractivity contribution in [1.82, 2.24) is 9.97 Å². The van der Waals surface area contributed by atoms with Gasteiger partial charge in [-0.3, -0.25) is 0 Å². The van der Waals surface area contributed by atoms with Gasteiger partial charge in [0.1, 0.15) is 11.5 Å². The Kier molecular flexibility index (Phi) is 14.0. The van der Waals surface area contributed by atoms with Crippen LogP contribution in [0.5, 0.6) is 11.5 Å². The molecule has 0 fully saturated rings. The van der Waals surface area contributed by atoms with Crippen LogP contribution in [0.4, 0.5) is 0 Å². The number of ether oxygens (including phenoxy) is 2. The van der Waals surface area contributed by atoms with Crippen LogP contribution in [0, 0.1) is 11.8 Å². The van der Waals surface area contributed by atoms with Gasteiger partial charge < -0.3 is 9.47 Å². The average Bonchev–Trinajstić information content (AvgIpc) is 3.81. The van der Waals surface area contributed by atoms with Crippen molar-refractivity contribution in [2.24, 2.45) is 11.8 Å². The minimum atomic E-state index is 0.542. The molecule has 2 unspecified atom stereocenters. The minimum absolute atomic E-state index is 0.542. The predicted molar refractivity (Wildman–Crippen MR) is 230 cm³/mol. The average molecular weight is 861 g/mol. The van der Waals surface area contributed by atoms with Crippen molar-refractivity contribution in [2.45, 2.75) is 79.1 Å². The Hall–Kier alpha value is -3.04. The summed E-state index contributed by atoms with van der Waals surface area (Å²) in [6, 6.07) is 29.7. The molecule has 3 heterocycles. The van der Waals surface area contributed by atoms with Gasteiger partial charge in [-0.1, -0.05) is 103 Å². The van der Waals surface area contributed by atoms with E-state index in [1.54, 1.807) is 22.7 Å². The fourth-order valence-corrected chi connectivity index (χ4v) is 9.37. The van der Waals surface area contributed by atoms with E-state index in [2.05, 4.69) is 144 Å². The van der Waals surface area contributed by atoms with E-state index in [0.717, 1.165) is 86.3 Å². The van der Waals surface area contributed by atoms with E-state index in [1.165, 1.54) is 38.5 Å². The molecule has 3 aromatic heterocycles. The molecular formula is C44H48Br2N2O2S2. The molecule has 0 amide bonds. The number of unbranched alkanes of at least 4 members (excludes halogenated alkanes) is 2. The second kappa shape index (κ2) is 18.8. The molecule has 272 valence electrons. The molecule has 6 aromatic rings. The first-order chi connectivity index (χ1) is 25.4. The summed E-state index contributed by atoms with van der Waals surface area (Å²) in [6.07, 6.45) is 9.46. The SMILES string of the molecule is CCCCC(CC)COc1cccc(-c2nc3c(-c4ccc(Br)s4)ccc(-c4ccc(Br)s4)c3nc2-c2cccc(OCC(CC)CCCC)c2)c1. The maximum Gasteiger partial charge on any atom is 0.119 e. The van der Waals surface area contributed by atoms with Crippen LogP contribution in [0.2, 0.25) is 0 Å². The Bertz CT molecular complexity index is 1930. The summed E-state index contributed by atoms with van der Waals surface area (Å²) in [4.78, 5) is 13.4. The Morgan fingerprint density at radius 3 is 1.38 bits per heavy atom. The summed E-state index contributed by atoms with van der Waals surface area (Å²) in [7, 11) is 0. The molecule has 0 bridgehead atoms. The first-order valence-corrected chi connectivity index (χ1v) is 21.9. The lowest BCUT2D eigenvalue weighted by Gasteiger charge is -2.18. The minimum Gasteiger partial charge on any atom is -0.493 e. The van der Waals surface area contributed by atoms with Crippen LogP contribution in [0.15, 0.2) is 92.5 Å². The highest BCUT2D eigenvalue weighted by atomic mass is 79.9. The third-order valence-corrected chi connectivity index (χ3v) is 13.1. The number of rotatable bonds is 18. The third kappa shape index (κ3) is 9.54. The molecular weight excluding hydrogens is 812 g/mol. The largest absolute Gasteiger partial charge is 0.493 e. The summed E-state index contributed by atoms with van der Waals surface area (Å²) >= 11 is 10.8. The van der Waals surface area contributed by atoms with Gasteiger partial charge >= 0.3 is 0 Å². The molecule has 0 saturated heterocycles. The molecule has 0 spiro atoms. The molecule has 4 nitrogen and oxygen atoms in total. The van der Waals surface area contributed by atoms with Crippen LogP contribution in [0.1, 0.15) is 79.1 Å². The molecule has 0 aliphatic carbocycles. The van der Waals surface area contributed by atoms with Crippen molar-refractivity contribution >= 4 is 65.6 Å².